The summed E-state index contributed by atoms with van der Waals surface area (Å²) in [7, 11) is -3.30. The molecular formula is C10H8ClNO2S. The van der Waals surface area contributed by atoms with E-state index in [4.69, 9.17) is 11.6 Å². The van der Waals surface area contributed by atoms with Crippen LogP contribution in [0.15, 0.2) is 35.5 Å². The highest BCUT2D eigenvalue weighted by atomic mass is 35.5. The first-order valence-electron chi connectivity index (χ1n) is 4.23. The van der Waals surface area contributed by atoms with E-state index in [1.165, 1.54) is 6.20 Å². The lowest BCUT2D eigenvalue weighted by Gasteiger charge is -2.03. The second kappa shape index (κ2) is 3.47. The fourth-order valence-electron chi connectivity index (χ4n) is 1.42. The van der Waals surface area contributed by atoms with Crippen LogP contribution in [0.3, 0.4) is 0 Å². The van der Waals surface area contributed by atoms with Gasteiger partial charge in [0.15, 0.2) is 14.9 Å². The molecule has 0 saturated carbocycles. The summed E-state index contributed by atoms with van der Waals surface area (Å²) >= 11 is 5.82. The summed E-state index contributed by atoms with van der Waals surface area (Å²) in [6, 6.07) is 6.77. The second-order valence-corrected chi connectivity index (χ2v) is 5.62. The molecule has 0 N–H and O–H groups in total. The van der Waals surface area contributed by atoms with Crippen molar-refractivity contribution < 1.29 is 8.42 Å². The van der Waals surface area contributed by atoms with Crippen molar-refractivity contribution in [3.63, 3.8) is 0 Å². The van der Waals surface area contributed by atoms with Gasteiger partial charge in [-0.1, -0.05) is 11.6 Å². The summed E-state index contributed by atoms with van der Waals surface area (Å²) in [6.45, 7) is 0. The van der Waals surface area contributed by atoms with Gasteiger partial charge in [-0.05, 0) is 29.7 Å². The lowest BCUT2D eigenvalue weighted by atomic mass is 10.2. The first-order chi connectivity index (χ1) is 6.98. The van der Waals surface area contributed by atoms with Crippen LogP contribution < -0.4 is 0 Å². The average Bonchev–Trinajstić information content (AvgIpc) is 2.15. The summed E-state index contributed by atoms with van der Waals surface area (Å²) in [5.74, 6) is 0. The first kappa shape index (κ1) is 10.4. The Balaban J connectivity index is 2.89. The first-order valence-corrected chi connectivity index (χ1v) is 6.50. The molecule has 5 heteroatoms. The zero-order valence-electron chi connectivity index (χ0n) is 7.94. The lowest BCUT2D eigenvalue weighted by molar-refractivity contribution is 0.599. The van der Waals surface area contributed by atoms with E-state index in [9.17, 15) is 8.42 Å². The molecule has 0 fully saturated rings. The SMILES string of the molecule is CS(=O)(=O)c1nccc2cc(Cl)ccc12. The van der Waals surface area contributed by atoms with E-state index in [-0.39, 0.29) is 5.03 Å². The van der Waals surface area contributed by atoms with Crippen LogP contribution in [-0.2, 0) is 9.84 Å². The number of pyridine rings is 1. The molecule has 0 aliphatic heterocycles. The van der Waals surface area contributed by atoms with Crippen molar-refractivity contribution in [2.45, 2.75) is 5.03 Å². The standard InChI is InChI=1S/C10H8ClNO2S/c1-15(13,14)10-9-3-2-8(11)6-7(9)4-5-12-10/h2-6H,1H3. The third-order valence-electron chi connectivity index (χ3n) is 2.04. The van der Waals surface area contributed by atoms with Crippen LogP contribution in [0.4, 0.5) is 0 Å². The average molecular weight is 242 g/mol. The molecule has 0 aliphatic rings. The molecule has 15 heavy (non-hydrogen) atoms. The van der Waals surface area contributed by atoms with Gasteiger partial charge in [-0.3, -0.25) is 0 Å². The zero-order valence-corrected chi connectivity index (χ0v) is 9.51. The summed E-state index contributed by atoms with van der Waals surface area (Å²) in [6.07, 6.45) is 2.61. The molecule has 78 valence electrons. The molecule has 0 radical (unpaired) electrons. The van der Waals surface area contributed by atoms with Gasteiger partial charge in [0, 0.05) is 22.9 Å². The molecule has 0 amide bonds. The maximum Gasteiger partial charge on any atom is 0.193 e. The van der Waals surface area contributed by atoms with Crippen molar-refractivity contribution in [3.8, 4) is 0 Å². The molecule has 2 rings (SSSR count). The zero-order chi connectivity index (χ0) is 11.1. The third-order valence-corrected chi connectivity index (χ3v) is 3.30. The molecule has 0 aliphatic carbocycles. The van der Waals surface area contributed by atoms with Gasteiger partial charge in [-0.15, -0.1) is 0 Å². The largest absolute Gasteiger partial charge is 0.244 e. The minimum absolute atomic E-state index is 0.0941. The number of rotatable bonds is 1. The van der Waals surface area contributed by atoms with Gasteiger partial charge < -0.3 is 0 Å². The number of halogens is 1. The van der Waals surface area contributed by atoms with Crippen LogP contribution >= 0.6 is 11.6 Å². The highest BCUT2D eigenvalue weighted by Crippen LogP contribution is 2.23. The highest BCUT2D eigenvalue weighted by molar-refractivity contribution is 7.90. The van der Waals surface area contributed by atoms with Crippen molar-refractivity contribution >= 4 is 32.2 Å². The summed E-state index contributed by atoms with van der Waals surface area (Å²) in [5.41, 5.74) is 0. The molecule has 1 heterocycles. The number of fused-ring (bicyclic) bond motifs is 1. The molecule has 0 unspecified atom stereocenters. The molecule has 0 spiro atoms. The molecular weight excluding hydrogens is 234 g/mol. The number of nitrogens with zero attached hydrogens (tertiary/aromatic N) is 1. The van der Waals surface area contributed by atoms with Crippen molar-refractivity contribution in [2.24, 2.45) is 0 Å². The van der Waals surface area contributed by atoms with E-state index < -0.39 is 9.84 Å². The predicted molar refractivity (Wildman–Crippen MR) is 59.9 cm³/mol. The van der Waals surface area contributed by atoms with E-state index in [1.807, 2.05) is 0 Å². The molecule has 1 aromatic heterocycles. The minimum Gasteiger partial charge on any atom is -0.244 e. The molecule has 2 aromatic rings. The summed E-state index contributed by atoms with van der Waals surface area (Å²) < 4.78 is 22.9. The van der Waals surface area contributed by atoms with Gasteiger partial charge in [0.1, 0.15) is 0 Å². The molecule has 0 saturated heterocycles. The summed E-state index contributed by atoms with van der Waals surface area (Å²) in [4.78, 5) is 3.88. The van der Waals surface area contributed by atoms with Crippen LogP contribution in [0.5, 0.6) is 0 Å². The normalized spacial score (nSPS) is 11.9. The van der Waals surface area contributed by atoms with Crippen molar-refractivity contribution in [1.29, 1.82) is 0 Å². The van der Waals surface area contributed by atoms with Crippen LogP contribution in [0.1, 0.15) is 0 Å². The summed E-state index contributed by atoms with van der Waals surface area (Å²) in [5, 5.41) is 2.05. The number of hydrogen-bond donors (Lipinski definition) is 0. The lowest BCUT2D eigenvalue weighted by Crippen LogP contribution is -2.00. The Labute approximate surface area is 92.6 Å². The van der Waals surface area contributed by atoms with Gasteiger partial charge in [0.2, 0.25) is 0 Å². The van der Waals surface area contributed by atoms with Crippen molar-refractivity contribution in [1.82, 2.24) is 4.98 Å². The Hall–Kier alpha value is -1.13. The van der Waals surface area contributed by atoms with Crippen LogP contribution in [-0.4, -0.2) is 19.7 Å². The van der Waals surface area contributed by atoms with E-state index in [2.05, 4.69) is 4.98 Å². The molecule has 1 aromatic carbocycles. The van der Waals surface area contributed by atoms with Crippen LogP contribution in [0, 0.1) is 0 Å². The van der Waals surface area contributed by atoms with Gasteiger partial charge in [-0.25, -0.2) is 13.4 Å². The van der Waals surface area contributed by atoms with Gasteiger partial charge in [0.05, 0.1) is 0 Å². The molecule has 0 atom stereocenters. The monoisotopic (exact) mass is 241 g/mol. The topological polar surface area (TPSA) is 47.0 Å². The third kappa shape index (κ3) is 1.96. The van der Waals surface area contributed by atoms with E-state index in [0.29, 0.717) is 10.4 Å². The quantitative estimate of drug-likeness (QED) is 0.770. The second-order valence-electron chi connectivity index (χ2n) is 3.25. The maximum absolute atomic E-state index is 11.4. The van der Waals surface area contributed by atoms with Gasteiger partial charge in [-0.2, -0.15) is 0 Å². The Morgan fingerprint density at radius 1 is 1.27 bits per heavy atom. The van der Waals surface area contributed by atoms with Crippen molar-refractivity contribution in [3.05, 3.63) is 35.5 Å². The van der Waals surface area contributed by atoms with E-state index in [0.717, 1.165) is 11.6 Å². The number of benzene rings is 1. The number of aromatic nitrogens is 1. The molecule has 0 bridgehead atoms. The maximum atomic E-state index is 11.4. The minimum atomic E-state index is -3.30. The fraction of sp³-hybridized carbons (Fsp3) is 0.100. The van der Waals surface area contributed by atoms with Gasteiger partial charge in [0.25, 0.3) is 0 Å². The highest BCUT2D eigenvalue weighted by Gasteiger charge is 2.12. The Bertz CT molecular complexity index is 622. The molecule has 3 nitrogen and oxygen atoms in total. The van der Waals surface area contributed by atoms with Crippen molar-refractivity contribution in [2.75, 3.05) is 6.26 Å². The van der Waals surface area contributed by atoms with E-state index in [1.54, 1.807) is 24.3 Å². The smallest absolute Gasteiger partial charge is 0.193 e. The van der Waals surface area contributed by atoms with Crippen LogP contribution in [0.25, 0.3) is 10.8 Å². The van der Waals surface area contributed by atoms with E-state index >= 15 is 0 Å². The number of sulfone groups is 1. The predicted octanol–water partition coefficient (Wildman–Crippen LogP) is 2.29. The Kier molecular flexibility index (Phi) is 2.40. The number of hydrogen-bond acceptors (Lipinski definition) is 3. The van der Waals surface area contributed by atoms with Gasteiger partial charge >= 0.3 is 0 Å². The fourth-order valence-corrected chi connectivity index (χ4v) is 2.43. The Morgan fingerprint density at radius 2 is 2.00 bits per heavy atom. The Morgan fingerprint density at radius 3 is 2.67 bits per heavy atom. The van der Waals surface area contributed by atoms with Crippen LogP contribution in [0.2, 0.25) is 5.02 Å².